The number of rotatable bonds is 6. The lowest BCUT2D eigenvalue weighted by atomic mass is 9.84. The van der Waals surface area contributed by atoms with Crippen molar-refractivity contribution < 1.29 is 29.3 Å². The van der Waals surface area contributed by atoms with Gasteiger partial charge in [-0.2, -0.15) is 0 Å². The Morgan fingerprint density at radius 3 is 2.19 bits per heavy atom. The summed E-state index contributed by atoms with van der Waals surface area (Å²) in [5, 5.41) is 14.8. The number of benzene rings is 2. The van der Waals surface area contributed by atoms with Crippen LogP contribution in [0.25, 0.3) is 0 Å². The second kappa shape index (κ2) is 13.2. The number of carboxylic acid groups (broad SMARTS) is 2. The van der Waals surface area contributed by atoms with Crippen LogP contribution < -0.4 is 4.74 Å². The molecule has 2 heterocycles. The predicted molar refractivity (Wildman–Crippen MR) is 141 cm³/mol. The maximum Gasteiger partial charge on any atom is 0.414 e. The number of likely N-dealkylation sites (tertiary alicyclic amines) is 1. The van der Waals surface area contributed by atoms with Gasteiger partial charge in [-0.15, -0.1) is 0 Å². The van der Waals surface area contributed by atoms with Gasteiger partial charge < -0.3 is 24.7 Å². The summed E-state index contributed by atoms with van der Waals surface area (Å²) in [7, 11) is 1.71. The number of fused-ring (bicyclic) bond motifs is 1. The molecule has 200 valence electrons. The van der Waals surface area contributed by atoms with Gasteiger partial charge in [0, 0.05) is 19.0 Å². The van der Waals surface area contributed by atoms with E-state index in [2.05, 4.69) is 66.1 Å². The maximum absolute atomic E-state index is 13.6. The lowest BCUT2D eigenvalue weighted by molar-refractivity contribution is -0.159. The van der Waals surface area contributed by atoms with Crippen LogP contribution in [-0.4, -0.2) is 71.1 Å². The van der Waals surface area contributed by atoms with Crippen LogP contribution in [0.5, 0.6) is 5.75 Å². The fourth-order valence-electron chi connectivity index (χ4n) is 5.30. The summed E-state index contributed by atoms with van der Waals surface area (Å²) in [6.45, 7) is 8.41. The van der Waals surface area contributed by atoms with E-state index in [0.717, 1.165) is 57.6 Å². The summed E-state index contributed by atoms with van der Waals surface area (Å²) in [4.78, 5) is 36.5. The Kier molecular flexibility index (Phi) is 10.1. The summed E-state index contributed by atoms with van der Waals surface area (Å²) in [5.74, 6) is -1.83. The zero-order valence-corrected chi connectivity index (χ0v) is 21.9. The maximum atomic E-state index is 13.6. The van der Waals surface area contributed by atoms with Crippen LogP contribution in [0.4, 0.5) is 0 Å². The van der Waals surface area contributed by atoms with Gasteiger partial charge in [0.25, 0.3) is 0 Å². The van der Waals surface area contributed by atoms with E-state index in [9.17, 15) is 4.79 Å². The van der Waals surface area contributed by atoms with Gasteiger partial charge in [-0.1, -0.05) is 50.2 Å². The molecule has 1 fully saturated rings. The van der Waals surface area contributed by atoms with Crippen LogP contribution in [-0.2, 0) is 27.2 Å². The lowest BCUT2D eigenvalue weighted by Crippen LogP contribution is -2.47. The summed E-state index contributed by atoms with van der Waals surface area (Å²) in [5.41, 5.74) is 4.03. The van der Waals surface area contributed by atoms with Gasteiger partial charge in [0.15, 0.2) is 0 Å². The quantitative estimate of drug-likeness (QED) is 0.568. The van der Waals surface area contributed by atoms with Crippen molar-refractivity contribution in [3.05, 3.63) is 65.2 Å². The molecule has 0 aromatic heterocycles. The highest BCUT2D eigenvalue weighted by molar-refractivity contribution is 6.27. The van der Waals surface area contributed by atoms with Crippen molar-refractivity contribution in [3.63, 3.8) is 0 Å². The topological polar surface area (TPSA) is 107 Å². The van der Waals surface area contributed by atoms with E-state index in [1.54, 1.807) is 7.11 Å². The molecule has 37 heavy (non-hydrogen) atoms. The minimum Gasteiger partial charge on any atom is -0.497 e. The highest BCUT2D eigenvalue weighted by Gasteiger charge is 2.37. The summed E-state index contributed by atoms with van der Waals surface area (Å²) < 4.78 is 5.42. The molecule has 1 saturated heterocycles. The van der Waals surface area contributed by atoms with Crippen molar-refractivity contribution >= 4 is 17.8 Å². The molecule has 2 aromatic rings. The fraction of sp³-hybridized carbons (Fsp3) is 0.483. The molecule has 1 unspecified atom stereocenters. The first-order valence-corrected chi connectivity index (χ1v) is 12.9. The minimum atomic E-state index is -1.82. The van der Waals surface area contributed by atoms with E-state index in [4.69, 9.17) is 24.5 Å². The van der Waals surface area contributed by atoms with Gasteiger partial charge in [0.05, 0.1) is 13.2 Å². The third-order valence-electron chi connectivity index (χ3n) is 7.22. The molecule has 8 nitrogen and oxygen atoms in total. The molecule has 1 atom stereocenters. The molecular formula is C29H38N2O6. The Labute approximate surface area is 218 Å². The predicted octanol–water partition coefficient (Wildman–Crippen LogP) is 3.89. The van der Waals surface area contributed by atoms with Crippen LogP contribution >= 0.6 is 0 Å². The van der Waals surface area contributed by atoms with Gasteiger partial charge >= 0.3 is 11.9 Å². The number of hydrogen-bond donors (Lipinski definition) is 2. The van der Waals surface area contributed by atoms with E-state index < -0.39 is 11.9 Å². The molecule has 8 heteroatoms. The molecule has 1 amide bonds. The molecule has 2 aliphatic heterocycles. The lowest BCUT2D eigenvalue weighted by Gasteiger charge is -2.42. The van der Waals surface area contributed by atoms with E-state index in [0.29, 0.717) is 11.8 Å². The average Bonchev–Trinajstić information content (AvgIpc) is 2.91. The molecule has 2 aromatic carbocycles. The number of hydrogen-bond acceptors (Lipinski definition) is 5. The zero-order chi connectivity index (χ0) is 26.9. The van der Waals surface area contributed by atoms with E-state index in [-0.39, 0.29) is 12.0 Å². The smallest absolute Gasteiger partial charge is 0.414 e. The van der Waals surface area contributed by atoms with Gasteiger partial charge in [-0.3, -0.25) is 4.79 Å². The number of aliphatic carboxylic acids is 2. The van der Waals surface area contributed by atoms with E-state index >= 15 is 0 Å². The van der Waals surface area contributed by atoms with Crippen molar-refractivity contribution in [2.24, 2.45) is 11.8 Å². The monoisotopic (exact) mass is 510 g/mol. The molecule has 4 rings (SSSR count). The first-order valence-electron chi connectivity index (χ1n) is 12.9. The van der Waals surface area contributed by atoms with Crippen LogP contribution in [0.1, 0.15) is 49.4 Å². The van der Waals surface area contributed by atoms with E-state index in [1.165, 1.54) is 16.7 Å². The second-order valence-corrected chi connectivity index (χ2v) is 10.00. The third kappa shape index (κ3) is 7.55. The number of methoxy groups -OCH3 is 1. The standard InChI is InChI=1S/C27H36N2O2.C2H2O4/c1-20(2)26-25-10-9-24(31-3)19-23(25)14-18-29(26)27(30)22-12-16-28(17-13-22)15-11-21-7-5-4-6-8-21;3-1(4)2(5)6/h4-10,19-20,22,26H,11-18H2,1-3H3;(H,3,4)(H,5,6). The van der Waals surface area contributed by atoms with Crippen LogP contribution in [0.2, 0.25) is 0 Å². The first-order chi connectivity index (χ1) is 17.7. The Morgan fingerprint density at radius 1 is 0.973 bits per heavy atom. The molecule has 0 spiro atoms. The molecule has 0 radical (unpaired) electrons. The summed E-state index contributed by atoms with van der Waals surface area (Å²) >= 11 is 0. The van der Waals surface area contributed by atoms with Gasteiger partial charge in [-0.25, -0.2) is 9.59 Å². The number of carbonyl (C=O) groups excluding carboxylic acids is 1. The zero-order valence-electron chi connectivity index (χ0n) is 21.9. The van der Waals surface area contributed by atoms with Crippen LogP contribution in [0.3, 0.4) is 0 Å². The SMILES string of the molecule is COc1ccc2c(c1)CCN(C(=O)C1CCN(CCc3ccccc3)CC1)C2C(C)C.O=C(O)C(=O)O. The number of carbonyl (C=O) groups is 3. The van der Waals surface area contributed by atoms with Crippen molar-refractivity contribution in [2.75, 3.05) is 33.3 Å². The molecule has 0 saturated carbocycles. The first kappa shape index (κ1) is 28.2. The van der Waals surface area contributed by atoms with Crippen molar-refractivity contribution in [1.82, 2.24) is 9.80 Å². The average molecular weight is 511 g/mol. The van der Waals surface area contributed by atoms with Crippen molar-refractivity contribution in [1.29, 1.82) is 0 Å². The highest BCUT2D eigenvalue weighted by Crippen LogP contribution is 2.38. The van der Waals surface area contributed by atoms with Gasteiger partial charge in [-0.05, 0) is 73.5 Å². The third-order valence-corrected chi connectivity index (χ3v) is 7.22. The summed E-state index contributed by atoms with van der Waals surface area (Å²) in [6.07, 6.45) is 3.95. The Morgan fingerprint density at radius 2 is 1.62 bits per heavy atom. The number of carboxylic acids is 2. The molecule has 0 bridgehead atoms. The van der Waals surface area contributed by atoms with Gasteiger partial charge in [0.2, 0.25) is 5.91 Å². The Hall–Kier alpha value is -3.39. The summed E-state index contributed by atoms with van der Waals surface area (Å²) in [6, 6.07) is 17.2. The molecule has 2 aliphatic rings. The minimum absolute atomic E-state index is 0.161. The van der Waals surface area contributed by atoms with E-state index in [1.807, 2.05) is 6.07 Å². The van der Waals surface area contributed by atoms with Crippen molar-refractivity contribution in [3.8, 4) is 5.75 Å². The van der Waals surface area contributed by atoms with Crippen LogP contribution in [0.15, 0.2) is 48.5 Å². The van der Waals surface area contributed by atoms with Gasteiger partial charge in [0.1, 0.15) is 5.75 Å². The molecular weight excluding hydrogens is 472 g/mol. The number of ether oxygens (including phenoxy) is 1. The number of piperidine rings is 1. The normalized spacial score (nSPS) is 17.9. The molecule has 0 aliphatic carbocycles. The number of nitrogens with zero attached hydrogens (tertiary/aromatic N) is 2. The second-order valence-electron chi connectivity index (χ2n) is 10.00. The Balaban J connectivity index is 0.000000568. The fourth-order valence-corrected chi connectivity index (χ4v) is 5.30. The van der Waals surface area contributed by atoms with Crippen LogP contribution in [0, 0.1) is 11.8 Å². The molecule has 2 N–H and O–H groups in total. The highest BCUT2D eigenvalue weighted by atomic mass is 16.5. The Bertz CT molecular complexity index is 1050. The largest absolute Gasteiger partial charge is 0.497 e. The number of amides is 1. The van der Waals surface area contributed by atoms with Crippen molar-refractivity contribution in [2.45, 2.75) is 45.6 Å².